The minimum Gasteiger partial charge on any atom is -0.326 e. The number of hydrogen-bond acceptors (Lipinski definition) is 3. The van der Waals surface area contributed by atoms with Gasteiger partial charge in [-0.2, -0.15) is 0 Å². The first-order valence-corrected chi connectivity index (χ1v) is 8.38. The summed E-state index contributed by atoms with van der Waals surface area (Å²) in [4.78, 5) is 16.8. The number of anilines is 1. The van der Waals surface area contributed by atoms with Crippen LogP contribution in [0.5, 0.6) is 0 Å². The first-order chi connectivity index (χ1) is 10.1. The molecule has 1 fully saturated rings. The molecule has 0 spiro atoms. The van der Waals surface area contributed by atoms with Crippen molar-refractivity contribution >= 4 is 39.9 Å². The van der Waals surface area contributed by atoms with Gasteiger partial charge in [-0.25, -0.2) is 0 Å². The normalized spacial score (nSPS) is 16.1. The van der Waals surface area contributed by atoms with Crippen LogP contribution in [-0.2, 0) is 4.79 Å². The molecule has 1 aliphatic heterocycles. The van der Waals surface area contributed by atoms with Crippen molar-refractivity contribution in [1.29, 1.82) is 0 Å². The zero-order valence-electron chi connectivity index (χ0n) is 13.3. The van der Waals surface area contributed by atoms with Gasteiger partial charge in [-0.1, -0.05) is 22.9 Å². The van der Waals surface area contributed by atoms with Gasteiger partial charge in [-0.05, 0) is 37.2 Å². The van der Waals surface area contributed by atoms with E-state index in [1.54, 1.807) is 0 Å². The number of piperazine rings is 1. The maximum atomic E-state index is 12.0. The Morgan fingerprint density at radius 3 is 2.45 bits per heavy atom. The average molecular weight is 391 g/mol. The first kappa shape index (κ1) is 19.4. The van der Waals surface area contributed by atoms with Crippen LogP contribution >= 0.6 is 28.3 Å². The predicted octanol–water partition coefficient (Wildman–Crippen LogP) is 3.15. The number of carbonyl (C=O) groups excluding carboxylic acids is 1. The van der Waals surface area contributed by atoms with Crippen LogP contribution < -0.4 is 5.32 Å². The van der Waals surface area contributed by atoms with Crippen LogP contribution in [0.15, 0.2) is 22.7 Å². The Morgan fingerprint density at radius 2 is 1.86 bits per heavy atom. The smallest absolute Gasteiger partial charge is 0.225 e. The van der Waals surface area contributed by atoms with Crippen molar-refractivity contribution in [2.24, 2.45) is 0 Å². The fraction of sp³-hybridized carbons (Fsp3) is 0.562. The molecule has 1 aliphatic rings. The maximum Gasteiger partial charge on any atom is 0.225 e. The van der Waals surface area contributed by atoms with Crippen molar-refractivity contribution in [3.8, 4) is 0 Å². The highest BCUT2D eigenvalue weighted by atomic mass is 79.9. The predicted molar refractivity (Wildman–Crippen MR) is 97.9 cm³/mol. The summed E-state index contributed by atoms with van der Waals surface area (Å²) in [6, 6.07) is 5.88. The number of nitrogens with one attached hydrogen (secondary N) is 1. The number of amides is 1. The number of nitrogens with zero attached hydrogens (tertiary/aromatic N) is 2. The van der Waals surface area contributed by atoms with Gasteiger partial charge in [0.25, 0.3) is 0 Å². The maximum absolute atomic E-state index is 12.0. The Hall–Kier alpha value is -0.620. The minimum absolute atomic E-state index is 0. The van der Waals surface area contributed by atoms with Crippen LogP contribution in [-0.4, -0.2) is 55.0 Å². The molecular formula is C16H25BrClN3O. The molecule has 0 unspecified atom stereocenters. The third-order valence-electron chi connectivity index (χ3n) is 4.01. The standard InChI is InChI=1S/C16H24BrN3O.ClH/c1-3-19-8-10-20(11-9-19)7-6-16(21)18-14-4-5-15(17)13(2)12-14;/h4-5,12H,3,6-11H2,1-2H3,(H,18,21);1H. The molecule has 1 heterocycles. The van der Waals surface area contributed by atoms with Crippen LogP contribution in [0.4, 0.5) is 5.69 Å². The molecule has 0 radical (unpaired) electrons. The van der Waals surface area contributed by atoms with Gasteiger partial charge in [0.05, 0.1) is 0 Å². The molecule has 1 aromatic carbocycles. The zero-order valence-corrected chi connectivity index (χ0v) is 15.7. The monoisotopic (exact) mass is 389 g/mol. The second-order valence-electron chi connectivity index (χ2n) is 5.54. The van der Waals surface area contributed by atoms with Gasteiger partial charge in [0.15, 0.2) is 0 Å². The summed E-state index contributed by atoms with van der Waals surface area (Å²) in [5.74, 6) is 0.0923. The summed E-state index contributed by atoms with van der Waals surface area (Å²) in [6.45, 7) is 10.6. The van der Waals surface area contributed by atoms with Crippen LogP contribution in [0.3, 0.4) is 0 Å². The summed E-state index contributed by atoms with van der Waals surface area (Å²) in [7, 11) is 0. The molecule has 22 heavy (non-hydrogen) atoms. The number of aryl methyl sites for hydroxylation is 1. The number of likely N-dealkylation sites (N-methyl/N-ethyl adjacent to an activating group) is 1. The number of benzene rings is 1. The van der Waals surface area contributed by atoms with Gasteiger partial charge in [0, 0.05) is 49.3 Å². The van der Waals surface area contributed by atoms with Gasteiger partial charge in [0.2, 0.25) is 5.91 Å². The zero-order chi connectivity index (χ0) is 15.2. The highest BCUT2D eigenvalue weighted by molar-refractivity contribution is 9.10. The van der Waals surface area contributed by atoms with Gasteiger partial charge in [-0.15, -0.1) is 12.4 Å². The lowest BCUT2D eigenvalue weighted by molar-refractivity contribution is -0.116. The van der Waals surface area contributed by atoms with Crippen LogP contribution in [0.25, 0.3) is 0 Å². The molecule has 0 atom stereocenters. The Balaban J connectivity index is 0.00000242. The third kappa shape index (κ3) is 5.88. The van der Waals surface area contributed by atoms with E-state index in [9.17, 15) is 4.79 Å². The van der Waals surface area contributed by atoms with Gasteiger partial charge in [0.1, 0.15) is 0 Å². The van der Waals surface area contributed by atoms with Crippen molar-refractivity contribution in [1.82, 2.24) is 9.80 Å². The molecule has 4 nitrogen and oxygen atoms in total. The van der Waals surface area contributed by atoms with Crippen molar-refractivity contribution < 1.29 is 4.79 Å². The quantitative estimate of drug-likeness (QED) is 0.839. The van der Waals surface area contributed by atoms with E-state index in [0.717, 1.165) is 55.0 Å². The van der Waals surface area contributed by atoms with E-state index in [1.807, 2.05) is 25.1 Å². The SMILES string of the molecule is CCN1CCN(CCC(=O)Nc2ccc(Br)c(C)c2)CC1.Cl. The summed E-state index contributed by atoms with van der Waals surface area (Å²) < 4.78 is 1.06. The molecule has 1 saturated heterocycles. The fourth-order valence-electron chi connectivity index (χ4n) is 2.53. The van der Waals surface area contributed by atoms with Gasteiger partial charge < -0.3 is 15.1 Å². The van der Waals surface area contributed by atoms with E-state index in [-0.39, 0.29) is 18.3 Å². The summed E-state index contributed by atoms with van der Waals surface area (Å²) in [6.07, 6.45) is 0.557. The second kappa shape index (κ2) is 9.50. The molecule has 1 N–H and O–H groups in total. The van der Waals surface area contributed by atoms with Gasteiger partial charge in [-0.3, -0.25) is 4.79 Å². The van der Waals surface area contributed by atoms with E-state index >= 15 is 0 Å². The molecule has 0 bridgehead atoms. The molecule has 0 saturated carbocycles. The first-order valence-electron chi connectivity index (χ1n) is 7.59. The van der Waals surface area contributed by atoms with E-state index in [0.29, 0.717) is 6.42 Å². The highest BCUT2D eigenvalue weighted by Gasteiger charge is 2.16. The van der Waals surface area contributed by atoms with Gasteiger partial charge >= 0.3 is 0 Å². The molecule has 0 aliphatic carbocycles. The van der Waals surface area contributed by atoms with E-state index in [4.69, 9.17) is 0 Å². The van der Waals surface area contributed by atoms with Crippen LogP contribution in [0.2, 0.25) is 0 Å². The summed E-state index contributed by atoms with van der Waals surface area (Å²) in [5.41, 5.74) is 2.00. The molecule has 6 heteroatoms. The molecule has 1 aromatic rings. The van der Waals surface area contributed by atoms with Crippen molar-refractivity contribution in [3.63, 3.8) is 0 Å². The Bertz CT molecular complexity index is 490. The lowest BCUT2D eigenvalue weighted by atomic mass is 10.2. The van der Waals surface area contributed by atoms with Crippen molar-refractivity contribution in [2.45, 2.75) is 20.3 Å². The number of carbonyl (C=O) groups is 1. The van der Waals surface area contributed by atoms with Crippen LogP contribution in [0, 0.1) is 6.92 Å². The van der Waals surface area contributed by atoms with Crippen molar-refractivity contribution in [2.75, 3.05) is 44.6 Å². The van der Waals surface area contributed by atoms with E-state index in [2.05, 4.69) is 38.0 Å². The lowest BCUT2D eigenvalue weighted by Crippen LogP contribution is -2.46. The number of rotatable bonds is 5. The Labute approximate surface area is 147 Å². The third-order valence-corrected chi connectivity index (χ3v) is 4.90. The van der Waals surface area contributed by atoms with Crippen molar-refractivity contribution in [3.05, 3.63) is 28.2 Å². The lowest BCUT2D eigenvalue weighted by Gasteiger charge is -2.33. The van der Waals surface area contributed by atoms with Crippen LogP contribution in [0.1, 0.15) is 18.9 Å². The molecule has 0 aromatic heterocycles. The topological polar surface area (TPSA) is 35.6 Å². The number of halogens is 2. The molecular weight excluding hydrogens is 366 g/mol. The number of hydrogen-bond donors (Lipinski definition) is 1. The highest BCUT2D eigenvalue weighted by Crippen LogP contribution is 2.20. The molecule has 2 rings (SSSR count). The van der Waals surface area contributed by atoms with E-state index in [1.165, 1.54) is 0 Å². The summed E-state index contributed by atoms with van der Waals surface area (Å²) in [5, 5.41) is 2.97. The molecule has 124 valence electrons. The minimum atomic E-state index is 0. The average Bonchev–Trinajstić information content (AvgIpc) is 2.49. The summed E-state index contributed by atoms with van der Waals surface area (Å²) >= 11 is 3.47. The Kier molecular flexibility index (Phi) is 8.39. The largest absolute Gasteiger partial charge is 0.326 e. The van der Waals surface area contributed by atoms with E-state index < -0.39 is 0 Å². The Morgan fingerprint density at radius 1 is 1.23 bits per heavy atom. The molecule has 1 amide bonds. The fourth-order valence-corrected chi connectivity index (χ4v) is 2.78. The second-order valence-corrected chi connectivity index (χ2v) is 6.39.